The van der Waals surface area contributed by atoms with Crippen LogP contribution in [0.3, 0.4) is 0 Å². The Morgan fingerprint density at radius 2 is 1.79 bits per heavy atom. The summed E-state index contributed by atoms with van der Waals surface area (Å²) in [6, 6.07) is 14.8. The summed E-state index contributed by atoms with van der Waals surface area (Å²) in [6.07, 6.45) is 1.38. The number of benzene rings is 2. The van der Waals surface area contributed by atoms with E-state index in [0.29, 0.717) is 29.4 Å². The second-order valence-electron chi connectivity index (χ2n) is 6.35. The number of nitrogens with zero attached hydrogens (tertiary/aromatic N) is 1. The van der Waals surface area contributed by atoms with Gasteiger partial charge in [-0.15, -0.1) is 0 Å². The standard InChI is InChI=1S/C21H20FN5O2/c1-13(28)26-16-3-2-4-17(9-16)27-20-10-19(18(12-25-20)21(23)29)24-11-14-5-7-15(22)8-6-14/h2-10,12H,11H2,1H3,(H2,23,29)(H,26,28)(H2,24,25,27). The molecule has 148 valence electrons. The fraction of sp³-hybridized carbons (Fsp3) is 0.0952. The van der Waals surface area contributed by atoms with Crippen LogP contribution >= 0.6 is 0 Å². The van der Waals surface area contributed by atoms with E-state index in [9.17, 15) is 14.0 Å². The number of pyridine rings is 1. The summed E-state index contributed by atoms with van der Waals surface area (Å²) in [5, 5.41) is 8.97. The molecule has 0 fully saturated rings. The third-order valence-electron chi connectivity index (χ3n) is 4.02. The van der Waals surface area contributed by atoms with Gasteiger partial charge in [-0.05, 0) is 35.9 Å². The van der Waals surface area contributed by atoms with Crippen LogP contribution in [0.15, 0.2) is 60.8 Å². The zero-order valence-electron chi connectivity index (χ0n) is 15.7. The number of anilines is 4. The van der Waals surface area contributed by atoms with Crippen molar-refractivity contribution in [1.82, 2.24) is 4.98 Å². The second kappa shape index (κ2) is 8.83. The van der Waals surface area contributed by atoms with Crippen molar-refractivity contribution in [3.05, 3.63) is 77.7 Å². The predicted octanol–water partition coefficient (Wildman–Crippen LogP) is 3.63. The van der Waals surface area contributed by atoms with Gasteiger partial charge in [0.25, 0.3) is 5.91 Å². The molecule has 0 atom stereocenters. The fourth-order valence-corrected chi connectivity index (χ4v) is 2.69. The van der Waals surface area contributed by atoms with Gasteiger partial charge in [0.15, 0.2) is 0 Å². The molecular weight excluding hydrogens is 373 g/mol. The van der Waals surface area contributed by atoms with Crippen LogP contribution in [0.5, 0.6) is 0 Å². The molecule has 3 aromatic rings. The molecule has 1 heterocycles. The van der Waals surface area contributed by atoms with Crippen molar-refractivity contribution in [2.24, 2.45) is 5.73 Å². The van der Waals surface area contributed by atoms with Crippen LogP contribution in [0.1, 0.15) is 22.8 Å². The molecule has 0 aliphatic carbocycles. The van der Waals surface area contributed by atoms with Crippen molar-refractivity contribution in [2.75, 3.05) is 16.0 Å². The molecule has 8 heteroatoms. The third-order valence-corrected chi connectivity index (χ3v) is 4.02. The molecule has 0 saturated heterocycles. The van der Waals surface area contributed by atoms with Crippen LogP contribution in [-0.2, 0) is 11.3 Å². The maximum absolute atomic E-state index is 13.1. The SMILES string of the molecule is CC(=O)Nc1cccc(Nc2cc(NCc3ccc(F)cc3)c(C(N)=O)cn2)c1. The predicted molar refractivity (Wildman–Crippen MR) is 111 cm³/mol. The van der Waals surface area contributed by atoms with E-state index in [4.69, 9.17) is 5.73 Å². The number of aromatic nitrogens is 1. The summed E-state index contributed by atoms with van der Waals surface area (Å²) in [5.41, 5.74) is 8.38. The normalized spacial score (nSPS) is 10.3. The minimum atomic E-state index is -0.613. The van der Waals surface area contributed by atoms with E-state index in [1.54, 1.807) is 36.4 Å². The largest absolute Gasteiger partial charge is 0.380 e. The Labute approximate surface area is 167 Å². The van der Waals surface area contributed by atoms with E-state index in [1.807, 2.05) is 6.07 Å². The highest BCUT2D eigenvalue weighted by molar-refractivity contribution is 5.98. The van der Waals surface area contributed by atoms with Crippen molar-refractivity contribution in [3.8, 4) is 0 Å². The molecule has 0 unspecified atom stereocenters. The van der Waals surface area contributed by atoms with Crippen molar-refractivity contribution < 1.29 is 14.0 Å². The molecule has 5 N–H and O–H groups in total. The number of carbonyl (C=O) groups excluding carboxylic acids is 2. The lowest BCUT2D eigenvalue weighted by molar-refractivity contribution is -0.114. The average molecular weight is 393 g/mol. The number of carbonyl (C=O) groups is 2. The zero-order chi connectivity index (χ0) is 20.8. The first-order valence-corrected chi connectivity index (χ1v) is 8.83. The van der Waals surface area contributed by atoms with Crippen LogP contribution in [0, 0.1) is 5.82 Å². The second-order valence-corrected chi connectivity index (χ2v) is 6.35. The monoisotopic (exact) mass is 393 g/mol. The van der Waals surface area contributed by atoms with Crippen LogP contribution in [0.2, 0.25) is 0 Å². The number of primary amides is 1. The van der Waals surface area contributed by atoms with Gasteiger partial charge in [0, 0.05) is 37.1 Å². The number of nitrogens with two attached hydrogens (primary N) is 1. The van der Waals surface area contributed by atoms with Gasteiger partial charge in [-0.25, -0.2) is 9.37 Å². The number of rotatable bonds is 7. The van der Waals surface area contributed by atoms with Gasteiger partial charge >= 0.3 is 0 Å². The lowest BCUT2D eigenvalue weighted by Crippen LogP contribution is -2.15. The Balaban J connectivity index is 1.79. The summed E-state index contributed by atoms with van der Waals surface area (Å²) < 4.78 is 13.1. The number of hydrogen-bond donors (Lipinski definition) is 4. The van der Waals surface area contributed by atoms with E-state index in [2.05, 4.69) is 20.9 Å². The van der Waals surface area contributed by atoms with E-state index >= 15 is 0 Å². The highest BCUT2D eigenvalue weighted by atomic mass is 19.1. The average Bonchev–Trinajstić information content (AvgIpc) is 2.67. The molecule has 0 saturated carbocycles. The first-order chi connectivity index (χ1) is 13.9. The molecule has 2 amide bonds. The van der Waals surface area contributed by atoms with Crippen molar-refractivity contribution in [2.45, 2.75) is 13.5 Å². The van der Waals surface area contributed by atoms with Gasteiger partial charge in [0.1, 0.15) is 11.6 Å². The van der Waals surface area contributed by atoms with Gasteiger partial charge < -0.3 is 21.7 Å². The van der Waals surface area contributed by atoms with Crippen LogP contribution in [-0.4, -0.2) is 16.8 Å². The smallest absolute Gasteiger partial charge is 0.252 e. The van der Waals surface area contributed by atoms with Crippen LogP contribution in [0.25, 0.3) is 0 Å². The van der Waals surface area contributed by atoms with Gasteiger partial charge in [-0.2, -0.15) is 0 Å². The maximum Gasteiger partial charge on any atom is 0.252 e. The highest BCUT2D eigenvalue weighted by Gasteiger charge is 2.11. The highest BCUT2D eigenvalue weighted by Crippen LogP contribution is 2.24. The minimum absolute atomic E-state index is 0.168. The molecule has 0 bridgehead atoms. The van der Waals surface area contributed by atoms with E-state index in [1.165, 1.54) is 25.3 Å². The third kappa shape index (κ3) is 5.52. The minimum Gasteiger partial charge on any atom is -0.380 e. The first-order valence-electron chi connectivity index (χ1n) is 8.83. The molecule has 1 aromatic heterocycles. The van der Waals surface area contributed by atoms with Gasteiger partial charge in [0.05, 0.1) is 11.3 Å². The fourth-order valence-electron chi connectivity index (χ4n) is 2.69. The molecule has 0 aliphatic heterocycles. The summed E-state index contributed by atoms with van der Waals surface area (Å²) >= 11 is 0. The Hall–Kier alpha value is -3.94. The van der Waals surface area contributed by atoms with Crippen molar-refractivity contribution in [3.63, 3.8) is 0 Å². The van der Waals surface area contributed by atoms with E-state index in [-0.39, 0.29) is 17.3 Å². The number of hydrogen-bond acceptors (Lipinski definition) is 5. The Bertz CT molecular complexity index is 1040. The van der Waals surface area contributed by atoms with E-state index in [0.717, 1.165) is 5.56 Å². The van der Waals surface area contributed by atoms with Crippen LogP contribution in [0.4, 0.5) is 27.3 Å². The summed E-state index contributed by atoms with van der Waals surface area (Å²) in [4.78, 5) is 27.2. The lowest BCUT2D eigenvalue weighted by atomic mass is 10.2. The Morgan fingerprint density at radius 1 is 1.07 bits per heavy atom. The van der Waals surface area contributed by atoms with Gasteiger partial charge in [-0.3, -0.25) is 9.59 Å². The quantitative estimate of drug-likeness (QED) is 0.490. The molecule has 0 radical (unpaired) electrons. The first kappa shape index (κ1) is 19.8. The summed E-state index contributed by atoms with van der Waals surface area (Å²) in [6.45, 7) is 1.81. The van der Waals surface area contributed by atoms with Gasteiger partial charge in [-0.1, -0.05) is 18.2 Å². The van der Waals surface area contributed by atoms with Gasteiger partial charge in [0.2, 0.25) is 5.91 Å². The van der Waals surface area contributed by atoms with Crippen molar-refractivity contribution in [1.29, 1.82) is 0 Å². The lowest BCUT2D eigenvalue weighted by Gasteiger charge is -2.13. The van der Waals surface area contributed by atoms with Crippen molar-refractivity contribution >= 4 is 34.7 Å². The van der Waals surface area contributed by atoms with Crippen LogP contribution < -0.4 is 21.7 Å². The van der Waals surface area contributed by atoms with E-state index < -0.39 is 5.91 Å². The Morgan fingerprint density at radius 3 is 2.48 bits per heavy atom. The molecule has 3 rings (SSSR count). The number of amides is 2. The molecule has 29 heavy (non-hydrogen) atoms. The zero-order valence-corrected chi connectivity index (χ0v) is 15.7. The number of nitrogens with one attached hydrogen (secondary N) is 3. The molecule has 2 aromatic carbocycles. The topological polar surface area (TPSA) is 109 Å². The molecule has 7 nitrogen and oxygen atoms in total. The summed E-state index contributed by atoms with van der Waals surface area (Å²) in [7, 11) is 0. The Kier molecular flexibility index (Phi) is 6.03. The number of halogens is 1. The molecule has 0 spiro atoms. The maximum atomic E-state index is 13.1. The molecular formula is C21H20FN5O2. The summed E-state index contributed by atoms with van der Waals surface area (Å²) in [5.74, 6) is -0.614. The molecule has 0 aliphatic rings.